The van der Waals surface area contributed by atoms with Gasteiger partial charge < -0.3 is 4.90 Å². The van der Waals surface area contributed by atoms with Crippen LogP contribution in [0.4, 0.5) is 11.4 Å². The third-order valence-corrected chi connectivity index (χ3v) is 20.7. The highest BCUT2D eigenvalue weighted by Crippen LogP contribution is 2.37. The molecule has 18 aromatic carbocycles. The lowest BCUT2D eigenvalue weighted by Crippen LogP contribution is -2.08. The van der Waals surface area contributed by atoms with Gasteiger partial charge in [-0.15, -0.1) is 0 Å². The SMILES string of the molecule is CN(c1ccccc1)c1ccccc1.Cc1cc(-c2ccc(-c3ccccc3)cc2)cc(-c2ccc(-c3ccccc3)cc2)c1.Cc1cc(-c2cccc(-c3ccccc3)c2)cc(-c2cccc(-c3ccccc3)c2)c1.Cc1ccc(-c2ccccc2)c2ccccc12.Cc1cccc(-c2cc(C)cc(-c3cccc(C)c3)c2)c1. The molecule has 0 N–H and O–H groups in total. The van der Waals surface area contributed by atoms with Gasteiger partial charge in [-0.3, -0.25) is 0 Å². The number of fused-ring (bicyclic) bond motifs is 1. The smallest absolute Gasteiger partial charge is 0.0408 e. The van der Waals surface area contributed by atoms with E-state index in [-0.39, 0.29) is 0 Å². The first kappa shape index (κ1) is 76.8. The number of rotatable bonds is 13. The number of aryl methyl sites for hydroxylation is 6. The predicted molar refractivity (Wildman–Crippen MR) is 492 cm³/mol. The van der Waals surface area contributed by atoms with Crippen LogP contribution < -0.4 is 4.90 Å². The van der Waals surface area contributed by atoms with Crippen LogP contribution in [0, 0.1) is 41.5 Å². The lowest BCUT2D eigenvalue weighted by molar-refractivity contribution is 1.21. The van der Waals surface area contributed by atoms with E-state index in [1.165, 1.54) is 178 Å². The van der Waals surface area contributed by atoms with Crippen LogP contribution in [0.15, 0.2) is 449 Å². The molecule has 0 saturated carbocycles. The summed E-state index contributed by atoms with van der Waals surface area (Å²) in [6.45, 7) is 13.0. The van der Waals surface area contributed by atoms with Crippen molar-refractivity contribution in [1.29, 1.82) is 0 Å². The van der Waals surface area contributed by atoms with Crippen LogP contribution in [-0.2, 0) is 0 Å². The molecule has 0 bridgehead atoms. The lowest BCUT2D eigenvalue weighted by atomic mass is 9.93. The van der Waals surface area contributed by atoms with Gasteiger partial charge in [-0.25, -0.2) is 0 Å². The standard InChI is InChI=1S/2C31H24.C21H20.C17H14.C13H13N/c1-23-18-30(28-16-8-14-26(20-28)24-10-4-2-5-11-24)22-31(19-23)29-17-9-15-27(21-29)25-12-6-3-7-13-25;1-23-20-30(28-16-12-26(13-17-28)24-8-4-2-5-9-24)22-31(21-23)29-18-14-27(15-19-29)25-10-6-3-7-11-25;1-15-6-4-8-18(10-15)20-12-17(3)13-21(14-20)19-9-5-7-16(2)11-19;1-13-11-12-16(14-7-3-2-4-8-14)17-10-6-5-9-15(13)17;1-14(12-8-4-2-5-9-12)13-10-6-3-7-11-13/h2*2-22H,1H3;4-14H,1-3H3;2-12H,1H3;2-11H,1H3. The van der Waals surface area contributed by atoms with Crippen LogP contribution in [-0.4, -0.2) is 7.05 Å². The Morgan fingerprint density at radius 1 is 0.140 bits per heavy atom. The van der Waals surface area contributed by atoms with E-state index >= 15 is 0 Å². The average molecular weight is 1470 g/mol. The summed E-state index contributed by atoms with van der Waals surface area (Å²) in [7, 11) is 2.07. The summed E-state index contributed by atoms with van der Waals surface area (Å²) in [4.78, 5) is 2.17. The molecule has 18 aromatic rings. The first-order valence-electron chi connectivity index (χ1n) is 39.4. The van der Waals surface area contributed by atoms with E-state index in [1.807, 2.05) is 12.1 Å². The number of hydrogen-bond acceptors (Lipinski definition) is 1. The highest BCUT2D eigenvalue weighted by Gasteiger charge is 2.12. The Morgan fingerprint density at radius 2 is 0.351 bits per heavy atom. The minimum absolute atomic E-state index is 1.21. The molecule has 0 spiro atoms. The second-order valence-electron chi connectivity index (χ2n) is 29.4. The van der Waals surface area contributed by atoms with Gasteiger partial charge in [0.1, 0.15) is 0 Å². The van der Waals surface area contributed by atoms with Gasteiger partial charge in [-0.1, -0.05) is 405 Å². The van der Waals surface area contributed by atoms with Crippen LogP contribution in [0.2, 0.25) is 0 Å². The maximum Gasteiger partial charge on any atom is 0.0408 e. The molecule has 0 radical (unpaired) electrons. The van der Waals surface area contributed by atoms with Crippen molar-refractivity contribution in [2.24, 2.45) is 0 Å². The molecule has 552 valence electrons. The van der Waals surface area contributed by atoms with Gasteiger partial charge >= 0.3 is 0 Å². The van der Waals surface area contributed by atoms with Crippen molar-refractivity contribution in [3.05, 3.63) is 482 Å². The minimum atomic E-state index is 1.21. The highest BCUT2D eigenvalue weighted by molar-refractivity contribution is 5.98. The second-order valence-corrected chi connectivity index (χ2v) is 29.4. The van der Waals surface area contributed by atoms with Gasteiger partial charge in [0.2, 0.25) is 0 Å². The third kappa shape index (κ3) is 20.1. The van der Waals surface area contributed by atoms with Crippen LogP contribution >= 0.6 is 0 Å². The molecular formula is C113H95N. The molecule has 1 heteroatoms. The van der Waals surface area contributed by atoms with E-state index in [4.69, 9.17) is 0 Å². The van der Waals surface area contributed by atoms with Crippen molar-refractivity contribution >= 4 is 22.1 Å². The van der Waals surface area contributed by atoms with Crippen LogP contribution in [0.1, 0.15) is 33.4 Å². The van der Waals surface area contributed by atoms with E-state index in [9.17, 15) is 0 Å². The molecule has 0 heterocycles. The molecule has 0 atom stereocenters. The summed E-state index contributed by atoms with van der Waals surface area (Å²) in [6, 6.07) is 160. The summed E-state index contributed by atoms with van der Waals surface area (Å²) in [6.07, 6.45) is 0. The Labute approximate surface area is 675 Å². The predicted octanol–water partition coefficient (Wildman–Crippen LogP) is 31.5. The van der Waals surface area contributed by atoms with E-state index in [0.717, 1.165) is 0 Å². The Balaban J connectivity index is 0.000000122. The van der Waals surface area contributed by atoms with Crippen LogP contribution in [0.5, 0.6) is 0 Å². The topological polar surface area (TPSA) is 3.24 Å². The van der Waals surface area contributed by atoms with Crippen molar-refractivity contribution in [3.63, 3.8) is 0 Å². The van der Waals surface area contributed by atoms with Crippen molar-refractivity contribution in [2.45, 2.75) is 41.5 Å². The number of hydrogen-bond donors (Lipinski definition) is 0. The van der Waals surface area contributed by atoms with E-state index < -0.39 is 0 Å². The lowest BCUT2D eigenvalue weighted by Gasteiger charge is -2.18. The Hall–Kier alpha value is -14.0. The zero-order valence-electron chi connectivity index (χ0n) is 66.2. The van der Waals surface area contributed by atoms with E-state index in [2.05, 4.69) is 490 Å². The molecular weight excluding hydrogens is 1370 g/mol. The van der Waals surface area contributed by atoms with Crippen molar-refractivity contribution in [2.75, 3.05) is 11.9 Å². The average Bonchev–Trinajstić information content (AvgIpc) is 0.793. The maximum absolute atomic E-state index is 2.31. The van der Waals surface area contributed by atoms with Gasteiger partial charge in [0, 0.05) is 18.4 Å². The van der Waals surface area contributed by atoms with Gasteiger partial charge in [0.25, 0.3) is 0 Å². The zero-order chi connectivity index (χ0) is 78.4. The van der Waals surface area contributed by atoms with Crippen molar-refractivity contribution in [1.82, 2.24) is 0 Å². The fraction of sp³-hybridized carbons (Fsp3) is 0.0619. The van der Waals surface area contributed by atoms with Gasteiger partial charge in [0.05, 0.1) is 0 Å². The van der Waals surface area contributed by atoms with Crippen molar-refractivity contribution in [3.8, 4) is 122 Å². The molecule has 0 amide bonds. The number of anilines is 2. The first-order valence-corrected chi connectivity index (χ1v) is 39.4. The molecule has 0 aromatic heterocycles. The molecule has 0 saturated heterocycles. The second kappa shape index (κ2) is 37.6. The van der Waals surface area contributed by atoms with Gasteiger partial charge in [-0.2, -0.15) is 0 Å². The minimum Gasteiger partial charge on any atom is -0.345 e. The van der Waals surface area contributed by atoms with Gasteiger partial charge in [-0.05, 0) is 252 Å². The molecule has 1 nitrogen and oxygen atoms in total. The fourth-order valence-corrected chi connectivity index (χ4v) is 14.8. The Morgan fingerprint density at radius 3 is 0.675 bits per heavy atom. The van der Waals surface area contributed by atoms with Crippen LogP contribution in [0.25, 0.3) is 133 Å². The molecule has 18 rings (SSSR count). The Bertz CT molecular complexity index is 5810. The molecule has 0 aliphatic rings. The number of para-hydroxylation sites is 2. The molecule has 0 unspecified atom stereocenters. The third-order valence-electron chi connectivity index (χ3n) is 20.7. The quantitative estimate of drug-likeness (QED) is 0.111. The summed E-state index contributed by atoms with van der Waals surface area (Å²) < 4.78 is 0. The Kier molecular flexibility index (Phi) is 25.3. The summed E-state index contributed by atoms with van der Waals surface area (Å²) in [5, 5.41) is 2.67. The normalized spacial score (nSPS) is 10.6. The van der Waals surface area contributed by atoms with Gasteiger partial charge in [0.15, 0.2) is 0 Å². The summed E-state index contributed by atoms with van der Waals surface area (Å²) in [5.41, 5.74) is 37.8. The molecule has 0 fully saturated rings. The summed E-state index contributed by atoms with van der Waals surface area (Å²) in [5.74, 6) is 0. The highest BCUT2D eigenvalue weighted by atomic mass is 15.1. The number of benzene rings is 18. The fourth-order valence-electron chi connectivity index (χ4n) is 14.8. The maximum atomic E-state index is 2.31. The molecule has 114 heavy (non-hydrogen) atoms. The molecule has 0 aliphatic heterocycles. The summed E-state index contributed by atoms with van der Waals surface area (Å²) >= 11 is 0. The first-order chi connectivity index (χ1) is 55.9. The van der Waals surface area contributed by atoms with E-state index in [0.29, 0.717) is 0 Å². The van der Waals surface area contributed by atoms with Crippen LogP contribution in [0.3, 0.4) is 0 Å². The largest absolute Gasteiger partial charge is 0.345 e. The monoisotopic (exact) mass is 1470 g/mol. The zero-order valence-corrected chi connectivity index (χ0v) is 66.2. The van der Waals surface area contributed by atoms with E-state index in [1.54, 1.807) is 0 Å². The van der Waals surface area contributed by atoms with Crippen molar-refractivity contribution < 1.29 is 0 Å². The number of nitrogens with zero attached hydrogens (tertiary/aromatic N) is 1. The molecule has 0 aliphatic carbocycles.